The second-order valence-corrected chi connectivity index (χ2v) is 8.08. The van der Waals surface area contributed by atoms with E-state index in [9.17, 15) is 14.9 Å². The second-order valence-electron chi connectivity index (χ2n) is 7.23. The molecule has 4 rings (SSSR count). The molecule has 0 bridgehead atoms. The Hall–Kier alpha value is -4.11. The van der Waals surface area contributed by atoms with Crippen LogP contribution in [0, 0.1) is 11.3 Å². The van der Waals surface area contributed by atoms with E-state index >= 15 is 0 Å². The summed E-state index contributed by atoms with van der Waals surface area (Å²) in [7, 11) is 0. The zero-order chi connectivity index (χ0) is 24.1. The molecule has 34 heavy (non-hydrogen) atoms. The largest absolute Gasteiger partial charge is 0.423 e. The van der Waals surface area contributed by atoms with E-state index in [0.717, 1.165) is 10.8 Å². The first-order chi connectivity index (χ1) is 16.4. The number of anilines is 1. The van der Waals surface area contributed by atoms with Gasteiger partial charge in [-0.15, -0.1) is 0 Å². The van der Waals surface area contributed by atoms with Crippen molar-refractivity contribution in [3.8, 4) is 11.8 Å². The highest BCUT2D eigenvalue weighted by Crippen LogP contribution is 2.25. The fraction of sp³-hybridized carbons (Fsp3) is 0. The molecule has 0 radical (unpaired) electrons. The lowest BCUT2D eigenvalue weighted by molar-refractivity contribution is -0.112. The topological polar surface area (TPSA) is 79.2 Å². The molecule has 1 amide bonds. The highest BCUT2D eigenvalue weighted by Gasteiger charge is 2.14. The molecule has 0 saturated heterocycles. The number of nitrogens with zero attached hydrogens (tertiary/aromatic N) is 1. The molecule has 0 aliphatic carbocycles. The number of esters is 1. The maximum absolute atomic E-state index is 12.7. The van der Waals surface area contributed by atoms with Crippen LogP contribution in [-0.2, 0) is 4.79 Å². The molecular weight excluding hydrogens is 471 g/mol. The van der Waals surface area contributed by atoms with Crippen molar-refractivity contribution in [1.82, 2.24) is 0 Å². The number of hydrogen-bond acceptors (Lipinski definition) is 4. The van der Waals surface area contributed by atoms with Crippen LogP contribution in [0.5, 0.6) is 5.75 Å². The molecule has 0 aliphatic rings. The molecule has 0 heterocycles. The summed E-state index contributed by atoms with van der Waals surface area (Å²) in [6.07, 6.45) is 1.46. The van der Waals surface area contributed by atoms with Crippen molar-refractivity contribution in [1.29, 1.82) is 5.26 Å². The molecule has 1 N–H and O–H groups in total. The Labute approximate surface area is 205 Å². The third-order valence-corrected chi connectivity index (χ3v) is 5.50. The molecule has 0 saturated carbocycles. The van der Waals surface area contributed by atoms with Crippen molar-refractivity contribution in [2.75, 3.05) is 5.32 Å². The Morgan fingerprint density at radius 1 is 0.912 bits per heavy atom. The predicted octanol–water partition coefficient (Wildman–Crippen LogP) is 6.91. The number of ether oxygens (including phenoxy) is 1. The summed E-state index contributed by atoms with van der Waals surface area (Å²) < 4.78 is 5.34. The van der Waals surface area contributed by atoms with Gasteiger partial charge >= 0.3 is 5.97 Å². The number of benzene rings is 4. The molecule has 0 atom stereocenters. The predicted molar refractivity (Wildman–Crippen MR) is 134 cm³/mol. The third-order valence-electron chi connectivity index (χ3n) is 4.96. The molecule has 4 aromatic carbocycles. The first-order valence-electron chi connectivity index (χ1n) is 10.1. The summed E-state index contributed by atoms with van der Waals surface area (Å²) in [5.41, 5.74) is 1.33. The number of amides is 1. The average Bonchev–Trinajstić information content (AvgIpc) is 2.83. The molecule has 0 unspecified atom stereocenters. The van der Waals surface area contributed by atoms with Crippen molar-refractivity contribution < 1.29 is 14.3 Å². The molecule has 7 heteroatoms. The number of nitriles is 1. The summed E-state index contributed by atoms with van der Waals surface area (Å²) in [6.45, 7) is 0. The SMILES string of the molecule is N#C/C(=C\c1ccc(OC(=O)c2ccc(Cl)cc2Cl)cc1)C(=O)Nc1cccc2ccccc12. The Bertz CT molecular complexity index is 1470. The van der Waals surface area contributed by atoms with E-state index in [4.69, 9.17) is 27.9 Å². The summed E-state index contributed by atoms with van der Waals surface area (Å²) in [4.78, 5) is 25.1. The number of hydrogen-bond donors (Lipinski definition) is 1. The van der Waals surface area contributed by atoms with Gasteiger partial charge in [0.15, 0.2) is 0 Å². The second kappa shape index (κ2) is 10.2. The minimum absolute atomic E-state index is 0.0642. The van der Waals surface area contributed by atoms with Gasteiger partial charge in [0.1, 0.15) is 17.4 Å². The number of carbonyl (C=O) groups is 2. The van der Waals surface area contributed by atoms with Gasteiger partial charge in [-0.3, -0.25) is 4.79 Å². The quantitative estimate of drug-likeness (QED) is 0.144. The van der Waals surface area contributed by atoms with Crippen LogP contribution in [0.15, 0.2) is 90.5 Å². The smallest absolute Gasteiger partial charge is 0.345 e. The Kier molecular flexibility index (Phi) is 6.93. The van der Waals surface area contributed by atoms with Crippen molar-refractivity contribution in [3.05, 3.63) is 112 Å². The van der Waals surface area contributed by atoms with E-state index < -0.39 is 11.9 Å². The highest BCUT2D eigenvalue weighted by atomic mass is 35.5. The lowest BCUT2D eigenvalue weighted by Gasteiger charge is -2.08. The van der Waals surface area contributed by atoms with Gasteiger partial charge in [0.05, 0.1) is 10.6 Å². The van der Waals surface area contributed by atoms with Gasteiger partial charge in [-0.1, -0.05) is 71.7 Å². The van der Waals surface area contributed by atoms with E-state index in [1.54, 1.807) is 36.4 Å². The number of nitrogens with one attached hydrogen (secondary N) is 1. The molecule has 0 aromatic heterocycles. The fourth-order valence-electron chi connectivity index (χ4n) is 3.29. The van der Waals surface area contributed by atoms with Crippen LogP contribution in [0.4, 0.5) is 5.69 Å². The fourth-order valence-corrected chi connectivity index (χ4v) is 3.77. The van der Waals surface area contributed by atoms with Crippen LogP contribution < -0.4 is 10.1 Å². The highest BCUT2D eigenvalue weighted by molar-refractivity contribution is 6.36. The van der Waals surface area contributed by atoms with Crippen molar-refractivity contribution >= 4 is 57.6 Å². The molecule has 4 aromatic rings. The maximum Gasteiger partial charge on any atom is 0.345 e. The Morgan fingerprint density at radius 2 is 1.65 bits per heavy atom. The maximum atomic E-state index is 12.7. The summed E-state index contributed by atoms with van der Waals surface area (Å²) in [5.74, 6) is -0.865. The van der Waals surface area contributed by atoms with E-state index in [0.29, 0.717) is 16.3 Å². The van der Waals surface area contributed by atoms with Gasteiger partial charge in [0, 0.05) is 16.1 Å². The van der Waals surface area contributed by atoms with Gasteiger partial charge in [0.2, 0.25) is 0 Å². The number of rotatable bonds is 5. The zero-order valence-corrected chi connectivity index (χ0v) is 19.1. The van der Waals surface area contributed by atoms with Crippen LogP contribution in [0.1, 0.15) is 15.9 Å². The van der Waals surface area contributed by atoms with Crippen LogP contribution in [0.25, 0.3) is 16.8 Å². The standard InChI is InChI=1S/C27H16Cl2N2O3/c28-20-10-13-23(24(29)15-20)27(33)34-21-11-8-17(9-12-21)14-19(16-30)26(32)31-25-7-3-5-18-4-1-2-6-22(18)25/h1-15H,(H,31,32)/b19-14+. The monoisotopic (exact) mass is 486 g/mol. The van der Waals surface area contributed by atoms with E-state index in [1.165, 1.54) is 18.2 Å². The van der Waals surface area contributed by atoms with Gasteiger partial charge < -0.3 is 10.1 Å². The van der Waals surface area contributed by atoms with Crippen molar-refractivity contribution in [3.63, 3.8) is 0 Å². The molecule has 0 spiro atoms. The number of halogens is 2. The molecule has 166 valence electrons. The number of fused-ring (bicyclic) bond motifs is 1. The summed E-state index contributed by atoms with van der Waals surface area (Å²) >= 11 is 11.9. The van der Waals surface area contributed by atoms with Gasteiger partial charge in [0.25, 0.3) is 5.91 Å². The van der Waals surface area contributed by atoms with Gasteiger partial charge in [-0.05, 0) is 53.4 Å². The third kappa shape index (κ3) is 5.26. The first kappa shape index (κ1) is 23.1. The minimum atomic E-state index is -0.628. The minimum Gasteiger partial charge on any atom is -0.423 e. The molecule has 5 nitrogen and oxygen atoms in total. The van der Waals surface area contributed by atoms with Crippen LogP contribution in [0.2, 0.25) is 10.0 Å². The van der Waals surface area contributed by atoms with Gasteiger partial charge in [-0.2, -0.15) is 5.26 Å². The first-order valence-corrected chi connectivity index (χ1v) is 10.9. The Balaban J connectivity index is 1.48. The molecular formula is C27H16Cl2N2O3. The summed E-state index contributed by atoms with van der Waals surface area (Å²) in [6, 6.07) is 26.0. The number of carbonyl (C=O) groups excluding carboxylic acids is 2. The van der Waals surface area contributed by atoms with Crippen molar-refractivity contribution in [2.24, 2.45) is 0 Å². The Morgan fingerprint density at radius 3 is 2.38 bits per heavy atom. The lowest BCUT2D eigenvalue weighted by Crippen LogP contribution is -2.13. The summed E-state index contributed by atoms with van der Waals surface area (Å²) in [5, 5.41) is 14.8. The normalized spacial score (nSPS) is 11.0. The van der Waals surface area contributed by atoms with Crippen LogP contribution in [0.3, 0.4) is 0 Å². The average molecular weight is 487 g/mol. The van der Waals surface area contributed by atoms with E-state index in [2.05, 4.69) is 5.32 Å². The molecule has 0 fully saturated rings. The zero-order valence-electron chi connectivity index (χ0n) is 17.6. The van der Waals surface area contributed by atoms with E-state index in [-0.39, 0.29) is 21.9 Å². The van der Waals surface area contributed by atoms with Crippen LogP contribution >= 0.6 is 23.2 Å². The van der Waals surface area contributed by atoms with E-state index in [1.807, 2.05) is 42.5 Å². The van der Waals surface area contributed by atoms with Crippen LogP contribution in [-0.4, -0.2) is 11.9 Å². The molecule has 0 aliphatic heterocycles. The lowest BCUT2D eigenvalue weighted by atomic mass is 10.1. The van der Waals surface area contributed by atoms with Crippen molar-refractivity contribution in [2.45, 2.75) is 0 Å². The van der Waals surface area contributed by atoms with Gasteiger partial charge in [-0.25, -0.2) is 4.79 Å².